The highest BCUT2D eigenvalue weighted by Gasteiger charge is 2.45. The molecule has 4 fully saturated rings. The molecule has 16 atom stereocenters. The van der Waals surface area contributed by atoms with E-state index in [-0.39, 0.29) is 121 Å². The van der Waals surface area contributed by atoms with Gasteiger partial charge in [-0.05, 0) is 117 Å². The fraction of sp³-hybridized carbons (Fsp3) is 0.708. The van der Waals surface area contributed by atoms with E-state index >= 15 is 0 Å². The monoisotopic (exact) mass is 1560 g/mol. The summed E-state index contributed by atoms with van der Waals surface area (Å²) in [6.45, 7) is 3.90. The van der Waals surface area contributed by atoms with Gasteiger partial charge in [0.2, 0.25) is 88.6 Å². The summed E-state index contributed by atoms with van der Waals surface area (Å²) in [6.07, 6.45) is -2.41. The van der Waals surface area contributed by atoms with Crippen LogP contribution in [0.5, 0.6) is 0 Å². The number of aliphatic hydroxyl groups excluding tert-OH is 4. The van der Waals surface area contributed by atoms with Crippen molar-refractivity contribution in [3.05, 3.63) is 0 Å². The van der Waals surface area contributed by atoms with E-state index in [2.05, 4.69) is 68.5 Å². The minimum absolute atomic E-state index is 0.0168. The van der Waals surface area contributed by atoms with Crippen molar-refractivity contribution in [3.63, 3.8) is 0 Å². The van der Waals surface area contributed by atoms with Crippen LogP contribution >= 0.6 is 0 Å². The van der Waals surface area contributed by atoms with Crippen molar-refractivity contribution in [2.75, 3.05) is 59.1 Å². The van der Waals surface area contributed by atoms with Crippen LogP contribution in [0.1, 0.15) is 131 Å². The van der Waals surface area contributed by atoms with Gasteiger partial charge in [0.05, 0.1) is 44.8 Å². The van der Waals surface area contributed by atoms with Gasteiger partial charge < -0.3 is 138 Å². The molecule has 4 saturated heterocycles. The minimum atomic E-state index is -1.90. The Labute approximate surface area is 632 Å². The number of carbonyl (C=O) groups is 17. The van der Waals surface area contributed by atoms with E-state index in [0.717, 1.165) is 28.5 Å². The van der Waals surface area contributed by atoms with Crippen molar-refractivity contribution in [3.8, 4) is 0 Å². The molecular formula is C65H108N22O23. The summed E-state index contributed by atoms with van der Waals surface area (Å²) >= 11 is 0. The predicted molar refractivity (Wildman–Crippen MR) is 384 cm³/mol. The van der Waals surface area contributed by atoms with E-state index in [4.69, 9.17) is 33.8 Å². The molecule has 4 heterocycles. The molecule has 0 bridgehead atoms. The number of rotatable bonds is 44. The van der Waals surface area contributed by atoms with Crippen LogP contribution in [0.3, 0.4) is 0 Å². The molecule has 28 N–H and O–H groups in total. The van der Waals surface area contributed by atoms with Crippen molar-refractivity contribution in [1.82, 2.24) is 78.5 Å². The lowest BCUT2D eigenvalue weighted by Crippen LogP contribution is -2.62. The number of aliphatic hydroxyl groups is 4. The third-order valence-corrected chi connectivity index (χ3v) is 18.4. The van der Waals surface area contributed by atoms with E-state index < -0.39 is 230 Å². The van der Waals surface area contributed by atoms with Crippen molar-refractivity contribution >= 4 is 112 Å². The number of aliphatic carboxylic acids is 2. The number of carboxylic acid groups (broad SMARTS) is 2. The van der Waals surface area contributed by atoms with Crippen LogP contribution in [-0.2, 0) is 81.5 Å². The smallest absolute Gasteiger partial charge is 0.325 e. The maximum atomic E-state index is 14.8. The lowest BCUT2D eigenvalue weighted by molar-refractivity contribution is -0.147. The molecule has 4 rings (SSSR count). The van der Waals surface area contributed by atoms with Crippen LogP contribution in [0, 0.1) is 5.92 Å². The number of primary amides is 1. The fourth-order valence-corrected chi connectivity index (χ4v) is 12.6. The van der Waals surface area contributed by atoms with Crippen molar-refractivity contribution < 1.29 is 112 Å². The van der Waals surface area contributed by atoms with Gasteiger partial charge in [-0.15, -0.1) is 0 Å². The molecular weight excluding hydrogens is 1460 g/mol. The first-order chi connectivity index (χ1) is 51.8. The quantitative estimate of drug-likeness (QED) is 0.0153. The van der Waals surface area contributed by atoms with Gasteiger partial charge in [-0.2, -0.15) is 0 Å². The Morgan fingerprint density at radius 3 is 1.27 bits per heavy atom. The number of carboxylic acids is 2. The van der Waals surface area contributed by atoms with Gasteiger partial charge in [0.1, 0.15) is 84.6 Å². The summed E-state index contributed by atoms with van der Waals surface area (Å²) in [5, 5.41) is 88.6. The van der Waals surface area contributed by atoms with Crippen molar-refractivity contribution in [1.29, 1.82) is 0 Å². The maximum absolute atomic E-state index is 14.8. The standard InChI is InChI=1S/C65H108N22O23/c1-30(2)24-37(78-54(100)41(28-89)81-49(95)34-12-6-18-71-34)52(98)76-35(13-7-19-72-64(67)68)50(96)80-39(26-47(93)94)62(108)87-23-11-16-44(87)56(102)77-36(14-8-20-73-65(69)70)61(107)86-22-10-17-45(86)57(103)79-38(25-46(66)92)51(97)74-31(3)60(106)85-21-9-15-43(85)58(104)82-42(29-90)55(101)84-48(33(5)91)59(105)83-40(27-88)53(99)75-32(4)63(109)110/h30-45,48,71,88-91H,6-29H2,1-5H3,(H2,66,92)(H,74,97)(H,75,99)(H,76,98)(H,77,102)(H,78,100)(H,79,103)(H,80,96)(H,81,95)(H,82,104)(H,83,105)(H,84,101)(H,93,94)(H,109,110)(H4,67,68,72)(H4,69,70,73)/t31-,32-,33+,34-,35-,36-,37-,38-,39-,40-,41-,42-,43-,44-,45-,48-/m0/s1. The molecule has 0 spiro atoms. The lowest BCUT2D eigenvalue weighted by Gasteiger charge is -2.32. The summed E-state index contributed by atoms with van der Waals surface area (Å²) in [5.41, 5.74) is 27.7. The van der Waals surface area contributed by atoms with Crippen LogP contribution in [0.2, 0.25) is 0 Å². The normalized spacial score (nSPS) is 19.9. The topological polar surface area (TPSA) is 720 Å². The number of hydrogen-bond donors (Lipinski definition) is 23. The zero-order valence-corrected chi connectivity index (χ0v) is 62.0. The van der Waals surface area contributed by atoms with Crippen LogP contribution in [-0.4, -0.2) is 314 Å². The molecule has 0 unspecified atom stereocenters. The van der Waals surface area contributed by atoms with Crippen molar-refractivity contribution in [2.24, 2.45) is 44.6 Å². The Kier molecular flexibility index (Phi) is 37.3. The molecule has 15 amide bonds. The average molecular weight is 1570 g/mol. The van der Waals surface area contributed by atoms with Gasteiger partial charge in [0, 0.05) is 32.7 Å². The summed E-state index contributed by atoms with van der Waals surface area (Å²) in [6, 6.07) is -22.8. The molecule has 616 valence electrons. The molecule has 0 aromatic heterocycles. The number of nitrogens with two attached hydrogens (primary N) is 5. The molecule has 4 aliphatic heterocycles. The highest BCUT2D eigenvalue weighted by molar-refractivity contribution is 6.02. The maximum Gasteiger partial charge on any atom is 0.325 e. The van der Waals surface area contributed by atoms with E-state index in [9.17, 15) is 107 Å². The second-order valence-corrected chi connectivity index (χ2v) is 27.6. The molecule has 45 nitrogen and oxygen atoms in total. The van der Waals surface area contributed by atoms with Gasteiger partial charge >= 0.3 is 11.9 Å². The first kappa shape index (κ1) is 91.7. The number of nitrogens with one attached hydrogen (secondary N) is 12. The van der Waals surface area contributed by atoms with Gasteiger partial charge in [-0.25, -0.2) is 0 Å². The average Bonchev–Trinajstić information content (AvgIpc) is 1.63. The number of guanidine groups is 2. The molecule has 0 aromatic carbocycles. The van der Waals surface area contributed by atoms with Crippen LogP contribution in [0.4, 0.5) is 0 Å². The van der Waals surface area contributed by atoms with E-state index in [0.29, 0.717) is 19.4 Å². The number of amides is 15. The molecule has 0 aromatic rings. The number of carbonyl (C=O) groups excluding carboxylic acids is 15. The summed E-state index contributed by atoms with van der Waals surface area (Å²) in [7, 11) is 0. The lowest BCUT2D eigenvalue weighted by atomic mass is 10.0. The summed E-state index contributed by atoms with van der Waals surface area (Å²) in [4.78, 5) is 241. The Hall–Kier alpha value is -10.7. The highest BCUT2D eigenvalue weighted by atomic mass is 16.4. The first-order valence-corrected chi connectivity index (χ1v) is 36.2. The third-order valence-electron chi connectivity index (χ3n) is 18.4. The summed E-state index contributed by atoms with van der Waals surface area (Å²) < 4.78 is 0. The zero-order chi connectivity index (χ0) is 82.4. The SMILES string of the molecule is CC(C)C[C@H](NC(=O)[C@H](CO)NC(=O)[C@@H]1CCCN1)C(=O)N[C@@H](CCCN=C(N)N)C(=O)N[C@@H](CC(=O)O)C(=O)N1CCC[C@H]1C(=O)N[C@@H](CCCN=C(N)N)C(=O)N1CCC[C@H]1C(=O)N[C@@H](CC(N)=O)C(=O)N[C@@H](C)C(=O)N1CCC[C@H]1C(=O)N[C@@H](CO)C(=O)N[C@H](C(=O)N[C@@H](CO)C(=O)N[C@@H](C)C(=O)O)[C@@H](C)O. The molecule has 0 aliphatic carbocycles. The first-order valence-electron chi connectivity index (χ1n) is 36.2. The largest absolute Gasteiger partial charge is 0.481 e. The number of nitrogens with zero attached hydrogens (tertiary/aromatic N) is 5. The van der Waals surface area contributed by atoms with E-state index in [1.54, 1.807) is 13.8 Å². The molecule has 110 heavy (non-hydrogen) atoms. The molecule has 4 aliphatic rings. The Morgan fingerprint density at radius 1 is 0.427 bits per heavy atom. The number of hydrogen-bond acceptors (Lipinski definition) is 24. The van der Waals surface area contributed by atoms with Gasteiger partial charge in [-0.3, -0.25) is 91.5 Å². The van der Waals surface area contributed by atoms with Gasteiger partial charge in [-0.1, -0.05) is 13.8 Å². The predicted octanol–water partition coefficient (Wildman–Crippen LogP) is -12.0. The Balaban J connectivity index is 1.50. The second kappa shape index (κ2) is 44.7. The Bertz CT molecular complexity index is 3370. The van der Waals surface area contributed by atoms with Gasteiger partial charge in [0.25, 0.3) is 0 Å². The number of likely N-dealkylation sites (tertiary alicyclic amines) is 3. The molecule has 45 heteroatoms. The number of aliphatic imine (C=N–C) groups is 2. The van der Waals surface area contributed by atoms with E-state index in [1.807, 2.05) is 5.32 Å². The van der Waals surface area contributed by atoms with Crippen LogP contribution < -0.4 is 92.5 Å². The van der Waals surface area contributed by atoms with Crippen LogP contribution in [0.15, 0.2) is 9.98 Å². The Morgan fingerprint density at radius 2 is 0.818 bits per heavy atom. The summed E-state index contributed by atoms with van der Waals surface area (Å²) in [5.74, 6) is -19.0. The second-order valence-electron chi connectivity index (χ2n) is 27.6. The minimum Gasteiger partial charge on any atom is -0.481 e. The van der Waals surface area contributed by atoms with Crippen molar-refractivity contribution in [2.45, 2.75) is 228 Å². The van der Waals surface area contributed by atoms with Crippen LogP contribution in [0.25, 0.3) is 0 Å². The highest BCUT2D eigenvalue weighted by Crippen LogP contribution is 2.25. The van der Waals surface area contributed by atoms with E-state index in [1.165, 1.54) is 6.92 Å². The van der Waals surface area contributed by atoms with Gasteiger partial charge in [0.15, 0.2) is 11.9 Å². The molecule has 0 radical (unpaired) electrons. The third kappa shape index (κ3) is 28.4. The zero-order valence-electron chi connectivity index (χ0n) is 62.0. The molecule has 0 saturated carbocycles. The fourth-order valence-electron chi connectivity index (χ4n) is 12.6.